The molecule has 0 amide bonds. The quantitative estimate of drug-likeness (QED) is 0.571. The minimum absolute atomic E-state index is 0.770. The van der Waals surface area contributed by atoms with Crippen LogP contribution >= 0.6 is 0 Å². The van der Waals surface area contributed by atoms with Gasteiger partial charge in [0, 0.05) is 11.6 Å². The van der Waals surface area contributed by atoms with Gasteiger partial charge in [0.2, 0.25) is 0 Å². The van der Waals surface area contributed by atoms with Crippen LogP contribution in [0.1, 0.15) is 11.1 Å². The molecule has 20 heavy (non-hydrogen) atoms. The molecule has 0 radical (unpaired) electrons. The molecule has 0 bridgehead atoms. The first-order valence-electron chi connectivity index (χ1n) is 6.52. The van der Waals surface area contributed by atoms with Gasteiger partial charge in [0.15, 0.2) is 5.82 Å². The number of anilines is 1. The molecule has 2 aromatic carbocycles. The fraction of sp³-hybridized carbons (Fsp3) is 0.0588. The number of hydrogen-bond donors (Lipinski definition) is 1. The zero-order valence-corrected chi connectivity index (χ0v) is 11.2. The number of fused-ring (bicyclic) bond motifs is 1. The summed E-state index contributed by atoms with van der Waals surface area (Å²) in [6.07, 6.45) is 3.58. The van der Waals surface area contributed by atoms with Crippen molar-refractivity contribution < 1.29 is 0 Å². The summed E-state index contributed by atoms with van der Waals surface area (Å²) in [6.45, 7) is 2.07. The summed E-state index contributed by atoms with van der Waals surface area (Å²) < 4.78 is 0. The van der Waals surface area contributed by atoms with Crippen molar-refractivity contribution in [2.75, 3.05) is 5.43 Å². The molecule has 0 aliphatic carbocycles. The molecule has 1 N–H and O–H groups in total. The number of benzene rings is 2. The number of aromatic nitrogens is 1. The smallest absolute Gasteiger partial charge is 0.154 e. The minimum atomic E-state index is 0.770. The van der Waals surface area contributed by atoms with E-state index in [2.05, 4.69) is 40.6 Å². The zero-order chi connectivity index (χ0) is 13.8. The standard InChI is InChI=1S/C17H15N3/c1-13-6-8-14(9-7-13)12-19-20-17-16-5-3-2-4-15(16)10-11-18-17/h2-12H,1H3,(H,18,20). The van der Waals surface area contributed by atoms with E-state index >= 15 is 0 Å². The van der Waals surface area contributed by atoms with Gasteiger partial charge in [-0.3, -0.25) is 5.43 Å². The van der Waals surface area contributed by atoms with Gasteiger partial charge in [0.05, 0.1) is 6.21 Å². The first kappa shape index (κ1) is 12.4. The van der Waals surface area contributed by atoms with E-state index in [4.69, 9.17) is 0 Å². The predicted octanol–water partition coefficient (Wildman–Crippen LogP) is 3.99. The van der Waals surface area contributed by atoms with Crippen LogP contribution < -0.4 is 5.43 Å². The van der Waals surface area contributed by atoms with Crippen molar-refractivity contribution in [3.8, 4) is 0 Å². The third-order valence-corrected chi connectivity index (χ3v) is 3.14. The van der Waals surface area contributed by atoms with Gasteiger partial charge in [0.25, 0.3) is 0 Å². The van der Waals surface area contributed by atoms with Gasteiger partial charge in [-0.05, 0) is 23.9 Å². The van der Waals surface area contributed by atoms with Crippen molar-refractivity contribution in [2.45, 2.75) is 6.92 Å². The Labute approximate surface area is 118 Å². The van der Waals surface area contributed by atoms with Gasteiger partial charge < -0.3 is 0 Å². The summed E-state index contributed by atoms with van der Waals surface area (Å²) in [5.74, 6) is 0.770. The van der Waals surface area contributed by atoms with Crippen molar-refractivity contribution in [2.24, 2.45) is 5.10 Å². The normalized spacial score (nSPS) is 11.1. The van der Waals surface area contributed by atoms with Crippen LogP contribution in [0.4, 0.5) is 5.82 Å². The lowest BCUT2D eigenvalue weighted by atomic mass is 10.2. The largest absolute Gasteiger partial charge is 0.261 e. The van der Waals surface area contributed by atoms with Crippen LogP contribution in [0.25, 0.3) is 10.8 Å². The van der Waals surface area contributed by atoms with Gasteiger partial charge in [-0.25, -0.2) is 4.98 Å². The Bertz CT molecular complexity index is 740. The van der Waals surface area contributed by atoms with Crippen LogP contribution in [-0.2, 0) is 0 Å². The Kier molecular flexibility index (Phi) is 3.42. The lowest BCUT2D eigenvalue weighted by Gasteiger charge is -2.03. The molecule has 0 aliphatic rings. The van der Waals surface area contributed by atoms with Crippen molar-refractivity contribution >= 4 is 22.8 Å². The van der Waals surface area contributed by atoms with Crippen LogP contribution in [-0.4, -0.2) is 11.2 Å². The summed E-state index contributed by atoms with van der Waals surface area (Å²) in [5.41, 5.74) is 5.31. The maximum absolute atomic E-state index is 4.33. The van der Waals surface area contributed by atoms with Crippen molar-refractivity contribution in [1.29, 1.82) is 0 Å². The summed E-state index contributed by atoms with van der Waals surface area (Å²) in [5, 5.41) is 6.47. The Morgan fingerprint density at radius 3 is 2.65 bits per heavy atom. The van der Waals surface area contributed by atoms with Crippen molar-refractivity contribution in [3.05, 3.63) is 71.9 Å². The highest BCUT2D eigenvalue weighted by Gasteiger charge is 1.99. The number of pyridine rings is 1. The molecule has 3 aromatic rings. The van der Waals surface area contributed by atoms with E-state index in [9.17, 15) is 0 Å². The van der Waals surface area contributed by atoms with Crippen LogP contribution in [0.2, 0.25) is 0 Å². The summed E-state index contributed by atoms with van der Waals surface area (Å²) in [6, 6.07) is 18.3. The number of nitrogens with one attached hydrogen (secondary N) is 1. The fourth-order valence-corrected chi connectivity index (χ4v) is 2.03. The van der Waals surface area contributed by atoms with Crippen LogP contribution in [0.3, 0.4) is 0 Å². The molecule has 1 aromatic heterocycles. The number of aryl methyl sites for hydroxylation is 1. The first-order chi connectivity index (χ1) is 9.83. The highest BCUT2D eigenvalue weighted by atomic mass is 15.3. The average Bonchev–Trinajstić information content (AvgIpc) is 2.49. The Balaban J connectivity index is 1.81. The van der Waals surface area contributed by atoms with Crippen LogP contribution in [0.15, 0.2) is 65.9 Å². The van der Waals surface area contributed by atoms with E-state index in [1.54, 1.807) is 12.4 Å². The van der Waals surface area contributed by atoms with E-state index < -0.39 is 0 Å². The van der Waals surface area contributed by atoms with Crippen LogP contribution in [0, 0.1) is 6.92 Å². The van der Waals surface area contributed by atoms with Crippen molar-refractivity contribution in [3.63, 3.8) is 0 Å². The predicted molar refractivity (Wildman–Crippen MR) is 84.1 cm³/mol. The van der Waals surface area contributed by atoms with E-state index in [-0.39, 0.29) is 0 Å². The summed E-state index contributed by atoms with van der Waals surface area (Å²) in [7, 11) is 0. The molecule has 0 unspecified atom stereocenters. The molecule has 0 saturated heterocycles. The zero-order valence-electron chi connectivity index (χ0n) is 11.2. The van der Waals surface area contributed by atoms with Gasteiger partial charge in [-0.1, -0.05) is 54.1 Å². The molecule has 3 heteroatoms. The molecular weight excluding hydrogens is 246 g/mol. The second kappa shape index (κ2) is 5.53. The lowest BCUT2D eigenvalue weighted by Crippen LogP contribution is -1.94. The molecule has 0 saturated carbocycles. The van der Waals surface area contributed by atoms with Gasteiger partial charge >= 0.3 is 0 Å². The molecule has 0 aliphatic heterocycles. The number of hydrogen-bond acceptors (Lipinski definition) is 3. The molecule has 0 fully saturated rings. The Morgan fingerprint density at radius 2 is 1.80 bits per heavy atom. The highest BCUT2D eigenvalue weighted by Crippen LogP contribution is 2.20. The van der Waals surface area contributed by atoms with Gasteiger partial charge in [0.1, 0.15) is 0 Å². The summed E-state index contributed by atoms with van der Waals surface area (Å²) in [4.78, 5) is 4.33. The summed E-state index contributed by atoms with van der Waals surface area (Å²) >= 11 is 0. The van der Waals surface area contributed by atoms with E-state index in [0.717, 1.165) is 22.2 Å². The highest BCUT2D eigenvalue weighted by molar-refractivity contribution is 5.92. The molecule has 3 nitrogen and oxygen atoms in total. The average molecular weight is 261 g/mol. The molecule has 98 valence electrons. The topological polar surface area (TPSA) is 37.3 Å². The number of hydrazone groups is 1. The third kappa shape index (κ3) is 2.67. The van der Waals surface area contributed by atoms with Crippen molar-refractivity contribution in [1.82, 2.24) is 4.98 Å². The Morgan fingerprint density at radius 1 is 1.00 bits per heavy atom. The van der Waals surface area contributed by atoms with Gasteiger partial charge in [-0.15, -0.1) is 0 Å². The van der Waals surface area contributed by atoms with E-state index in [0.29, 0.717) is 0 Å². The Hall–Kier alpha value is -2.68. The molecule has 1 heterocycles. The maximum atomic E-state index is 4.33. The molecule has 0 spiro atoms. The maximum Gasteiger partial charge on any atom is 0.154 e. The SMILES string of the molecule is Cc1ccc(C=NNc2nccc3ccccc23)cc1. The molecular formula is C17H15N3. The third-order valence-electron chi connectivity index (χ3n) is 3.14. The number of rotatable bonds is 3. The van der Waals surface area contributed by atoms with Crippen LogP contribution in [0.5, 0.6) is 0 Å². The monoisotopic (exact) mass is 261 g/mol. The first-order valence-corrected chi connectivity index (χ1v) is 6.52. The minimum Gasteiger partial charge on any atom is -0.261 e. The molecule has 0 atom stereocenters. The van der Waals surface area contributed by atoms with E-state index in [1.807, 2.05) is 36.4 Å². The fourth-order valence-electron chi connectivity index (χ4n) is 2.03. The van der Waals surface area contributed by atoms with Gasteiger partial charge in [-0.2, -0.15) is 5.10 Å². The lowest BCUT2D eigenvalue weighted by molar-refractivity contribution is 1.25. The van der Waals surface area contributed by atoms with E-state index in [1.165, 1.54) is 5.56 Å². The second-order valence-corrected chi connectivity index (χ2v) is 4.66. The molecule has 3 rings (SSSR count). The second-order valence-electron chi connectivity index (χ2n) is 4.66. The number of nitrogens with zero attached hydrogens (tertiary/aromatic N) is 2.